The molecule has 0 aliphatic carbocycles. The van der Waals surface area contributed by atoms with Crippen LogP contribution in [0.1, 0.15) is 10.5 Å². The van der Waals surface area contributed by atoms with Gasteiger partial charge in [-0.3, -0.25) is 40.1 Å². The van der Waals surface area contributed by atoms with E-state index in [2.05, 4.69) is 35.9 Å². The van der Waals surface area contributed by atoms with Crippen molar-refractivity contribution in [1.82, 2.24) is 35.1 Å². The van der Waals surface area contributed by atoms with Crippen LogP contribution >= 0.6 is 0 Å². The predicted molar refractivity (Wildman–Crippen MR) is 89.8 cm³/mol. The van der Waals surface area contributed by atoms with Gasteiger partial charge >= 0.3 is 0 Å². The number of aromatic amines is 1. The number of H-pyrrole nitrogens is 1. The molecule has 0 atom stereocenters. The van der Waals surface area contributed by atoms with Gasteiger partial charge in [-0.1, -0.05) is 0 Å². The Balaban J connectivity index is 1.61. The van der Waals surface area contributed by atoms with E-state index in [-0.39, 0.29) is 17.2 Å². The Hall–Kier alpha value is -3.82. The van der Waals surface area contributed by atoms with Crippen molar-refractivity contribution >= 4 is 33.8 Å². The lowest BCUT2D eigenvalue weighted by Gasteiger charge is -2.08. The Morgan fingerprint density at radius 3 is 2.96 bits per heavy atom. The molecule has 124 valence electrons. The third kappa shape index (κ3) is 2.55. The Labute approximate surface area is 139 Å². The number of hydrogen-bond acceptors (Lipinski definition) is 7. The summed E-state index contributed by atoms with van der Waals surface area (Å²) in [4.78, 5) is 39.4. The highest BCUT2D eigenvalue weighted by Gasteiger charge is 2.13. The van der Waals surface area contributed by atoms with Crippen molar-refractivity contribution in [2.45, 2.75) is 0 Å². The van der Waals surface area contributed by atoms with Gasteiger partial charge in [0.25, 0.3) is 11.5 Å². The zero-order chi connectivity index (χ0) is 17.4. The number of hydrazine groups is 1. The Kier molecular flexibility index (Phi) is 3.35. The van der Waals surface area contributed by atoms with Crippen LogP contribution in [0.25, 0.3) is 21.9 Å². The number of anilines is 1. The van der Waals surface area contributed by atoms with Crippen molar-refractivity contribution in [2.24, 2.45) is 7.05 Å². The summed E-state index contributed by atoms with van der Waals surface area (Å²) in [5, 5.41) is 4.96. The summed E-state index contributed by atoms with van der Waals surface area (Å²) in [5.41, 5.74) is 5.96. The molecule has 0 radical (unpaired) electrons. The van der Waals surface area contributed by atoms with E-state index in [1.54, 1.807) is 31.4 Å². The number of fused-ring (bicyclic) bond motifs is 2. The van der Waals surface area contributed by atoms with Crippen molar-refractivity contribution in [3.63, 3.8) is 0 Å². The van der Waals surface area contributed by atoms with Gasteiger partial charge in [0.1, 0.15) is 11.1 Å². The van der Waals surface area contributed by atoms with Gasteiger partial charge in [-0.05, 0) is 18.2 Å². The van der Waals surface area contributed by atoms with Gasteiger partial charge in [-0.25, -0.2) is 0 Å². The van der Waals surface area contributed by atoms with E-state index < -0.39 is 5.91 Å². The van der Waals surface area contributed by atoms with Gasteiger partial charge in [0.2, 0.25) is 5.95 Å². The highest BCUT2D eigenvalue weighted by Crippen LogP contribution is 2.13. The summed E-state index contributed by atoms with van der Waals surface area (Å²) in [6.07, 6.45) is 4.57. The van der Waals surface area contributed by atoms with Crippen LogP contribution in [0.2, 0.25) is 0 Å². The molecule has 0 fully saturated rings. The second-order valence-corrected chi connectivity index (χ2v) is 5.23. The van der Waals surface area contributed by atoms with Crippen LogP contribution < -0.4 is 16.4 Å². The van der Waals surface area contributed by atoms with E-state index in [0.717, 1.165) is 0 Å². The molecule has 1 amide bonds. The molecule has 10 nitrogen and oxygen atoms in total. The van der Waals surface area contributed by atoms with Gasteiger partial charge in [-0.15, -0.1) is 0 Å². The molecule has 0 aromatic carbocycles. The molecule has 4 rings (SSSR count). The fourth-order valence-corrected chi connectivity index (χ4v) is 2.45. The predicted octanol–water partition coefficient (Wildman–Crippen LogP) is 0.357. The number of pyridine rings is 2. The molecule has 25 heavy (non-hydrogen) atoms. The summed E-state index contributed by atoms with van der Waals surface area (Å²) in [5.74, 6) is -0.390. The summed E-state index contributed by atoms with van der Waals surface area (Å²) in [6, 6.07) is 5.20. The SMILES string of the molecule is Cn1ncc2c(=O)[nH]c(NNC(=O)c3nccc4ncccc34)nc21. The summed E-state index contributed by atoms with van der Waals surface area (Å²) < 4.78 is 1.47. The van der Waals surface area contributed by atoms with Crippen molar-refractivity contribution in [3.05, 3.63) is 52.8 Å². The van der Waals surface area contributed by atoms with E-state index in [9.17, 15) is 9.59 Å². The van der Waals surface area contributed by atoms with Gasteiger partial charge < -0.3 is 0 Å². The zero-order valence-electron chi connectivity index (χ0n) is 13.0. The Morgan fingerprint density at radius 2 is 2.08 bits per heavy atom. The Bertz CT molecular complexity index is 1160. The summed E-state index contributed by atoms with van der Waals surface area (Å²) >= 11 is 0. The monoisotopic (exact) mass is 336 g/mol. The number of carbonyl (C=O) groups excluding carboxylic acids is 1. The molecular formula is C15H12N8O2. The number of nitrogens with zero attached hydrogens (tertiary/aromatic N) is 5. The summed E-state index contributed by atoms with van der Waals surface area (Å²) in [7, 11) is 1.67. The molecule has 0 aliphatic rings. The van der Waals surface area contributed by atoms with Crippen molar-refractivity contribution in [2.75, 3.05) is 5.43 Å². The maximum atomic E-state index is 12.4. The second kappa shape index (κ2) is 5.67. The molecule has 4 aromatic heterocycles. The number of nitrogens with one attached hydrogen (secondary N) is 3. The lowest BCUT2D eigenvalue weighted by molar-refractivity contribution is 0.0959. The average molecular weight is 336 g/mol. The number of carbonyl (C=O) groups is 1. The van der Waals surface area contributed by atoms with E-state index in [4.69, 9.17) is 0 Å². The topological polar surface area (TPSA) is 130 Å². The first-order chi connectivity index (χ1) is 12.1. The first-order valence-corrected chi connectivity index (χ1v) is 7.31. The molecule has 0 aliphatic heterocycles. The fraction of sp³-hybridized carbons (Fsp3) is 0.0667. The number of amides is 1. The quantitative estimate of drug-likeness (QED) is 0.460. The first-order valence-electron chi connectivity index (χ1n) is 7.31. The standard InChI is InChI=1S/C15H12N8O2/c1-23-12-9(7-18-23)13(24)20-15(19-12)22-21-14(25)11-8-3-2-5-16-10(8)4-6-17-11/h2-7H,1H3,(H,21,25)(H2,19,20,22,24). The van der Waals surface area contributed by atoms with Crippen LogP contribution in [0.5, 0.6) is 0 Å². The highest BCUT2D eigenvalue weighted by molar-refractivity contribution is 6.04. The van der Waals surface area contributed by atoms with Gasteiger partial charge in [0.05, 0.1) is 11.7 Å². The van der Waals surface area contributed by atoms with Crippen molar-refractivity contribution in [1.29, 1.82) is 0 Å². The molecule has 0 bridgehead atoms. The zero-order valence-corrected chi connectivity index (χ0v) is 13.0. The normalized spacial score (nSPS) is 10.9. The highest BCUT2D eigenvalue weighted by atomic mass is 16.2. The van der Waals surface area contributed by atoms with E-state index in [0.29, 0.717) is 21.9 Å². The molecule has 4 aromatic rings. The summed E-state index contributed by atoms with van der Waals surface area (Å²) in [6.45, 7) is 0. The molecular weight excluding hydrogens is 324 g/mol. The smallest absolute Gasteiger partial charge is 0.288 e. The minimum absolute atomic E-state index is 0.0906. The van der Waals surface area contributed by atoms with Crippen LogP contribution in [-0.2, 0) is 7.05 Å². The largest absolute Gasteiger partial charge is 0.291 e. The van der Waals surface area contributed by atoms with Gasteiger partial charge in [0, 0.05) is 24.8 Å². The molecule has 4 heterocycles. The number of aromatic nitrogens is 6. The third-order valence-electron chi connectivity index (χ3n) is 3.64. The maximum Gasteiger partial charge on any atom is 0.288 e. The maximum absolute atomic E-state index is 12.4. The van der Waals surface area contributed by atoms with E-state index >= 15 is 0 Å². The van der Waals surface area contributed by atoms with Crippen LogP contribution in [0.4, 0.5) is 5.95 Å². The van der Waals surface area contributed by atoms with E-state index in [1.807, 2.05) is 0 Å². The lowest BCUT2D eigenvalue weighted by atomic mass is 10.2. The van der Waals surface area contributed by atoms with Gasteiger partial charge in [-0.2, -0.15) is 10.1 Å². The van der Waals surface area contributed by atoms with Crippen LogP contribution in [0.3, 0.4) is 0 Å². The van der Waals surface area contributed by atoms with Crippen LogP contribution in [0, 0.1) is 0 Å². The van der Waals surface area contributed by atoms with Crippen LogP contribution in [0.15, 0.2) is 41.6 Å². The average Bonchev–Trinajstić information content (AvgIpc) is 3.01. The lowest BCUT2D eigenvalue weighted by Crippen LogP contribution is -2.32. The van der Waals surface area contributed by atoms with E-state index in [1.165, 1.54) is 17.1 Å². The number of hydrogen-bond donors (Lipinski definition) is 3. The van der Waals surface area contributed by atoms with Crippen molar-refractivity contribution in [3.8, 4) is 0 Å². The number of aryl methyl sites for hydroxylation is 1. The Morgan fingerprint density at radius 1 is 1.20 bits per heavy atom. The van der Waals surface area contributed by atoms with Crippen molar-refractivity contribution < 1.29 is 4.79 Å². The molecule has 10 heteroatoms. The molecule has 3 N–H and O–H groups in total. The first kappa shape index (κ1) is 14.8. The molecule has 0 saturated carbocycles. The minimum atomic E-state index is -0.480. The molecule has 0 unspecified atom stereocenters. The third-order valence-corrected chi connectivity index (χ3v) is 3.64. The molecule has 0 saturated heterocycles. The number of rotatable bonds is 3. The fourth-order valence-electron chi connectivity index (χ4n) is 2.45. The minimum Gasteiger partial charge on any atom is -0.291 e. The molecule has 0 spiro atoms. The van der Waals surface area contributed by atoms with Crippen LogP contribution in [-0.4, -0.2) is 35.6 Å². The second-order valence-electron chi connectivity index (χ2n) is 5.23. The van der Waals surface area contributed by atoms with Gasteiger partial charge in [0.15, 0.2) is 5.65 Å².